The summed E-state index contributed by atoms with van der Waals surface area (Å²) in [5, 5.41) is 9.88. The lowest BCUT2D eigenvalue weighted by atomic mass is 10.0. The molecule has 0 heterocycles. The molecule has 0 saturated heterocycles. The Morgan fingerprint density at radius 3 is 1.50 bits per heavy atom. The van der Waals surface area contributed by atoms with Gasteiger partial charge < -0.3 is 34.7 Å². The highest BCUT2D eigenvalue weighted by atomic mass is 31.2. The molecule has 0 saturated carbocycles. The normalized spacial score (nSPS) is 12.6. The van der Waals surface area contributed by atoms with Crippen LogP contribution < -0.4 is 5.73 Å². The molecule has 2 amide bonds. The highest BCUT2D eigenvalue weighted by molar-refractivity contribution is 7.46. The van der Waals surface area contributed by atoms with Crippen molar-refractivity contribution in [3.8, 4) is 0 Å². The average molecular weight is 627 g/mol. The first-order valence-corrected chi connectivity index (χ1v) is 18.2. The third-order valence-corrected chi connectivity index (χ3v) is 7.62. The van der Waals surface area contributed by atoms with Gasteiger partial charge >= 0.3 is 13.9 Å². The summed E-state index contributed by atoms with van der Waals surface area (Å²) in [6, 6.07) is -0.495. The number of urea groups is 1. The first-order valence-electron chi connectivity index (χ1n) is 16.6. The summed E-state index contributed by atoms with van der Waals surface area (Å²) in [4.78, 5) is 29.1. The highest BCUT2D eigenvalue weighted by Crippen LogP contribution is 2.35. The molecule has 1 unspecified atom stereocenters. The van der Waals surface area contributed by atoms with Crippen molar-refractivity contribution >= 4 is 13.9 Å². The molecular weight excluding hydrogens is 557 g/mol. The Kier molecular flexibility index (Phi) is 30.0. The first kappa shape index (κ1) is 43.4. The number of nitrogens with two attached hydrogens (primary N) is 1. The summed E-state index contributed by atoms with van der Waals surface area (Å²) in [6.07, 6.45) is 24.0. The summed E-state index contributed by atoms with van der Waals surface area (Å²) in [5.41, 5.74) is 5.24. The topological polar surface area (TPSA) is 143 Å². The van der Waals surface area contributed by atoms with Crippen molar-refractivity contribution in [1.29, 1.82) is 0 Å². The van der Waals surface area contributed by atoms with Gasteiger partial charge in [-0.15, -0.1) is 0 Å². The second-order valence-electron chi connectivity index (χ2n) is 12.5. The van der Waals surface area contributed by atoms with Gasteiger partial charge in [0.05, 0.1) is 40.4 Å². The molecule has 0 radical (unpaired) electrons. The number of phosphoric ester groups is 1. The molecule has 254 valence electrons. The number of amides is 2. The van der Waals surface area contributed by atoms with E-state index in [-0.39, 0.29) is 19.8 Å². The fourth-order valence-corrected chi connectivity index (χ4v) is 4.76. The van der Waals surface area contributed by atoms with Crippen LogP contribution in [-0.2, 0) is 13.8 Å². The van der Waals surface area contributed by atoms with Crippen molar-refractivity contribution in [3.63, 3.8) is 0 Å². The largest absolute Gasteiger partial charge is 0.469 e. The summed E-state index contributed by atoms with van der Waals surface area (Å²) >= 11 is 0. The van der Waals surface area contributed by atoms with Crippen LogP contribution in [0.3, 0.4) is 0 Å². The van der Waals surface area contributed by atoms with Crippen LogP contribution in [0.25, 0.3) is 0 Å². The van der Waals surface area contributed by atoms with Crippen LogP contribution in [0.15, 0.2) is 0 Å². The highest BCUT2D eigenvalue weighted by Gasteiger charge is 2.16. The number of ether oxygens (including phenoxy) is 1. The van der Waals surface area contributed by atoms with E-state index >= 15 is 0 Å². The zero-order valence-corrected chi connectivity index (χ0v) is 28.8. The lowest BCUT2D eigenvalue weighted by Crippen LogP contribution is -2.42. The number of aliphatic hydroxyl groups excluding tert-OH is 1. The molecule has 0 aromatic heterocycles. The average Bonchev–Trinajstić information content (AvgIpc) is 2.89. The molecule has 0 rings (SSSR count). The number of carbonyl (C=O) groups is 1. The van der Waals surface area contributed by atoms with Crippen molar-refractivity contribution in [3.05, 3.63) is 0 Å². The van der Waals surface area contributed by atoms with Crippen LogP contribution in [-0.4, -0.2) is 97.0 Å². The van der Waals surface area contributed by atoms with E-state index in [0.29, 0.717) is 24.2 Å². The second kappa shape index (κ2) is 29.0. The number of carbonyl (C=O) groups excluding carboxylic acids is 1. The zero-order valence-electron chi connectivity index (χ0n) is 27.9. The number of hydrogen-bond acceptors (Lipinski definition) is 5. The predicted molar refractivity (Wildman–Crippen MR) is 173 cm³/mol. The van der Waals surface area contributed by atoms with E-state index < -0.39 is 20.0 Å². The van der Waals surface area contributed by atoms with Gasteiger partial charge in [0.1, 0.15) is 13.2 Å². The van der Waals surface area contributed by atoms with Crippen LogP contribution in [0.5, 0.6) is 0 Å². The summed E-state index contributed by atoms with van der Waals surface area (Å²) in [6.45, 7) is 6.47. The summed E-state index contributed by atoms with van der Waals surface area (Å²) in [5.74, 6) is 0. The van der Waals surface area contributed by atoms with Crippen LogP contribution >= 0.6 is 7.82 Å². The van der Waals surface area contributed by atoms with Gasteiger partial charge in [0, 0.05) is 13.2 Å². The number of rotatable bonds is 28. The van der Waals surface area contributed by atoms with E-state index in [2.05, 4.69) is 11.4 Å². The molecule has 10 nitrogen and oxygen atoms in total. The minimum Gasteiger partial charge on any atom is -0.389 e. The number of hydrogen-bond donors (Lipinski definition) is 4. The number of likely N-dealkylation sites (N-methyl/N-ethyl adjacent to an activating group) is 2. The molecule has 0 bridgehead atoms. The van der Waals surface area contributed by atoms with Gasteiger partial charge in [-0.2, -0.15) is 0 Å². The third-order valence-electron chi connectivity index (χ3n) is 7.10. The lowest BCUT2D eigenvalue weighted by Gasteiger charge is -2.23. The van der Waals surface area contributed by atoms with E-state index in [0.717, 1.165) is 6.42 Å². The van der Waals surface area contributed by atoms with E-state index in [4.69, 9.17) is 20.3 Å². The van der Waals surface area contributed by atoms with Crippen LogP contribution in [0, 0.1) is 0 Å². The Hall–Kier alpha value is -0.740. The molecule has 1 atom stereocenters. The molecule has 5 N–H and O–H groups in total. The lowest BCUT2D eigenvalue weighted by molar-refractivity contribution is -0.870. The summed E-state index contributed by atoms with van der Waals surface area (Å²) in [7, 11) is 1.50. The molecule has 0 aliphatic rings. The molecule has 42 heavy (non-hydrogen) atoms. The van der Waals surface area contributed by atoms with Gasteiger partial charge in [-0.3, -0.25) is 4.52 Å². The number of aliphatic hydroxyl groups is 1. The number of nitrogens with zero attached hydrogens (tertiary/aromatic N) is 2. The number of quaternary nitrogens is 1. The van der Waals surface area contributed by atoms with Crippen LogP contribution in [0.2, 0.25) is 0 Å². The minimum absolute atomic E-state index is 0.0772. The Morgan fingerprint density at radius 2 is 1.17 bits per heavy atom. The molecule has 11 heteroatoms. The molecule has 0 aromatic carbocycles. The molecule has 0 aromatic rings. The van der Waals surface area contributed by atoms with Crippen LogP contribution in [0.1, 0.15) is 129 Å². The summed E-state index contributed by atoms with van der Waals surface area (Å²) < 4.78 is 20.6. The Morgan fingerprint density at radius 1 is 0.762 bits per heavy atom. The first-order chi connectivity index (χ1) is 19.8. The number of unbranched alkanes of at least 4 members (excludes halogenated alkanes) is 17. The Bertz CT molecular complexity index is 645. The standard InChI is InChI=1S/C26H54N2O3.C5H14NO4P/c1-3-5-6-7-8-9-10-11-12-13-14-15-16-17-18-19-20-21-22-31-24-25(29)23-28(4-2)26(27)30;1-6(2,3)4-5-10-11(7,8)9/h25,29H,3-24H2,1-2H3,(H2,27,30);4-5H2,1-3H3,(H-,7,8,9)/p+1. The number of primary amides is 1. The van der Waals surface area contributed by atoms with Gasteiger partial charge in [0.25, 0.3) is 0 Å². The molecular formula is C31H69N3O7P+. The minimum atomic E-state index is -4.26. The van der Waals surface area contributed by atoms with Crippen molar-refractivity contribution in [2.75, 3.05) is 60.6 Å². The molecule has 0 fully saturated rings. The van der Waals surface area contributed by atoms with Gasteiger partial charge in [-0.1, -0.05) is 116 Å². The Labute approximate surface area is 258 Å². The van der Waals surface area contributed by atoms with Crippen molar-refractivity contribution in [1.82, 2.24) is 4.90 Å². The predicted octanol–water partition coefficient (Wildman–Crippen LogP) is 6.61. The van der Waals surface area contributed by atoms with Gasteiger partial charge in [0.2, 0.25) is 0 Å². The van der Waals surface area contributed by atoms with Crippen LogP contribution in [0.4, 0.5) is 4.79 Å². The van der Waals surface area contributed by atoms with E-state index in [1.165, 1.54) is 114 Å². The second-order valence-corrected chi connectivity index (χ2v) is 13.7. The van der Waals surface area contributed by atoms with Crippen molar-refractivity contribution < 1.29 is 38.0 Å². The molecule has 0 spiro atoms. The van der Waals surface area contributed by atoms with Crippen molar-refractivity contribution in [2.24, 2.45) is 5.73 Å². The number of phosphoric acid groups is 1. The maximum Gasteiger partial charge on any atom is 0.469 e. The van der Waals surface area contributed by atoms with E-state index in [9.17, 15) is 14.5 Å². The van der Waals surface area contributed by atoms with E-state index in [1.807, 2.05) is 28.1 Å². The van der Waals surface area contributed by atoms with Gasteiger partial charge in [-0.05, 0) is 13.3 Å². The van der Waals surface area contributed by atoms with Crippen molar-refractivity contribution in [2.45, 2.75) is 136 Å². The Balaban J connectivity index is 0. The van der Waals surface area contributed by atoms with E-state index in [1.54, 1.807) is 0 Å². The fraction of sp³-hybridized carbons (Fsp3) is 0.968. The zero-order chi connectivity index (χ0) is 32.1. The van der Waals surface area contributed by atoms with Gasteiger partial charge in [-0.25, -0.2) is 9.36 Å². The quantitative estimate of drug-likeness (QED) is 0.0435. The molecule has 0 aliphatic carbocycles. The molecule has 0 aliphatic heterocycles. The fourth-order valence-electron chi connectivity index (χ4n) is 4.44. The smallest absolute Gasteiger partial charge is 0.389 e. The maximum atomic E-state index is 11.1. The SMILES string of the molecule is CCCCCCCCCCCCCCCCCCCCOCC(O)CN(CC)C(N)=O.C[N+](C)(C)CCOP(=O)(O)O. The monoisotopic (exact) mass is 626 g/mol. The van der Waals surface area contributed by atoms with Gasteiger partial charge in [0.15, 0.2) is 0 Å². The third kappa shape index (κ3) is 37.3. The maximum absolute atomic E-state index is 11.1.